The first-order valence-corrected chi connectivity index (χ1v) is 9.66. The van der Waals surface area contributed by atoms with Crippen LogP contribution in [0.4, 0.5) is 5.13 Å². The van der Waals surface area contributed by atoms with Crippen LogP contribution in [0, 0.1) is 0 Å². The number of aromatic nitrogens is 2. The van der Waals surface area contributed by atoms with Gasteiger partial charge in [-0.25, -0.2) is 0 Å². The highest BCUT2D eigenvalue weighted by atomic mass is 32.2. The molecule has 5 nitrogen and oxygen atoms in total. The maximum atomic E-state index is 11.6. The van der Waals surface area contributed by atoms with Gasteiger partial charge in [-0.3, -0.25) is 4.79 Å². The number of nitrogen functional groups attached to an aromatic ring is 1. The topological polar surface area (TPSA) is 80.9 Å². The molecule has 9 heteroatoms. The molecule has 0 bridgehead atoms. The number of thioether (sulfide) groups is 2. The van der Waals surface area contributed by atoms with Crippen molar-refractivity contribution >= 4 is 57.2 Å². The van der Waals surface area contributed by atoms with Crippen LogP contribution in [0.2, 0.25) is 0 Å². The lowest BCUT2D eigenvalue weighted by Gasteiger charge is -2.03. The Morgan fingerprint density at radius 2 is 2.35 bits per heavy atom. The molecule has 0 aromatic carbocycles. The summed E-state index contributed by atoms with van der Waals surface area (Å²) in [6, 6.07) is 4.18. The van der Waals surface area contributed by atoms with E-state index in [-0.39, 0.29) is 5.91 Å². The van der Waals surface area contributed by atoms with Gasteiger partial charge in [0.15, 0.2) is 4.34 Å². The molecule has 0 fully saturated rings. The Labute approximate surface area is 133 Å². The SMILES string of the molecule is Nc1nnc(SCC(=O)NCCSCc2cccs2)s1. The van der Waals surface area contributed by atoms with Crippen LogP contribution in [-0.2, 0) is 10.5 Å². The Morgan fingerprint density at radius 3 is 3.05 bits per heavy atom. The molecule has 0 spiro atoms. The fourth-order valence-corrected chi connectivity index (χ4v) is 4.45. The summed E-state index contributed by atoms with van der Waals surface area (Å²) in [7, 11) is 0. The molecular weight excluding hydrogens is 332 g/mol. The monoisotopic (exact) mass is 346 g/mol. The lowest BCUT2D eigenvalue weighted by molar-refractivity contribution is -0.118. The van der Waals surface area contributed by atoms with Crippen molar-refractivity contribution in [1.29, 1.82) is 0 Å². The number of amides is 1. The minimum atomic E-state index is 0.0143. The quantitative estimate of drug-likeness (QED) is 0.564. The van der Waals surface area contributed by atoms with Gasteiger partial charge in [0, 0.05) is 22.9 Å². The summed E-state index contributed by atoms with van der Waals surface area (Å²) in [5, 5.41) is 12.9. The Balaban J connectivity index is 1.52. The number of rotatable bonds is 8. The van der Waals surface area contributed by atoms with E-state index in [1.54, 1.807) is 11.3 Å². The molecule has 0 saturated heterocycles. The van der Waals surface area contributed by atoms with E-state index in [9.17, 15) is 4.79 Å². The second-order valence-corrected chi connectivity index (χ2v) is 8.05. The molecule has 2 heterocycles. The molecule has 0 aliphatic rings. The van der Waals surface area contributed by atoms with Crippen molar-refractivity contribution in [1.82, 2.24) is 15.5 Å². The first kappa shape index (κ1) is 15.6. The van der Waals surface area contributed by atoms with Crippen LogP contribution in [0.1, 0.15) is 4.88 Å². The highest BCUT2D eigenvalue weighted by molar-refractivity contribution is 8.01. The van der Waals surface area contributed by atoms with Gasteiger partial charge in [-0.05, 0) is 11.4 Å². The van der Waals surface area contributed by atoms with Crippen molar-refractivity contribution in [3.05, 3.63) is 22.4 Å². The van der Waals surface area contributed by atoms with Crippen LogP contribution in [0.15, 0.2) is 21.9 Å². The molecule has 0 unspecified atom stereocenters. The number of anilines is 1. The predicted molar refractivity (Wildman–Crippen MR) is 88.5 cm³/mol. The van der Waals surface area contributed by atoms with Gasteiger partial charge in [-0.15, -0.1) is 21.5 Å². The fraction of sp³-hybridized carbons (Fsp3) is 0.364. The van der Waals surface area contributed by atoms with Crippen LogP contribution in [0.3, 0.4) is 0 Å². The zero-order valence-electron chi connectivity index (χ0n) is 10.6. The molecule has 2 aromatic rings. The molecule has 0 atom stereocenters. The number of hydrogen-bond acceptors (Lipinski definition) is 8. The lowest BCUT2D eigenvalue weighted by Crippen LogP contribution is -2.27. The average molecular weight is 347 g/mol. The molecular formula is C11H14N4OS4. The standard InChI is InChI=1S/C11H14N4OS4/c12-10-14-15-11(20-10)19-7-9(16)13-3-5-17-6-8-2-1-4-18-8/h1-2,4H,3,5-7H2,(H2,12,14)(H,13,16). The van der Waals surface area contributed by atoms with Gasteiger partial charge < -0.3 is 11.1 Å². The Kier molecular flexibility index (Phi) is 6.64. The predicted octanol–water partition coefficient (Wildman–Crippen LogP) is 2.32. The summed E-state index contributed by atoms with van der Waals surface area (Å²) >= 11 is 6.24. The van der Waals surface area contributed by atoms with Crippen molar-refractivity contribution in [2.24, 2.45) is 0 Å². The summed E-state index contributed by atoms with van der Waals surface area (Å²) in [6.45, 7) is 0.688. The first-order valence-electron chi connectivity index (χ1n) is 5.82. The molecule has 1 amide bonds. The number of carbonyl (C=O) groups excluding carboxylic acids is 1. The van der Waals surface area contributed by atoms with Gasteiger partial charge in [0.25, 0.3) is 0 Å². The molecule has 0 radical (unpaired) electrons. The molecule has 2 aromatic heterocycles. The second kappa shape index (κ2) is 8.50. The Bertz CT molecular complexity index is 528. The van der Waals surface area contributed by atoms with Crippen LogP contribution in [0.25, 0.3) is 0 Å². The van der Waals surface area contributed by atoms with Crippen LogP contribution in [0.5, 0.6) is 0 Å². The summed E-state index contributed by atoms with van der Waals surface area (Å²) in [4.78, 5) is 13.0. The van der Waals surface area contributed by atoms with Gasteiger partial charge >= 0.3 is 0 Å². The van der Waals surface area contributed by atoms with E-state index < -0.39 is 0 Å². The van der Waals surface area contributed by atoms with Crippen molar-refractivity contribution in [2.45, 2.75) is 10.1 Å². The number of nitrogens with two attached hydrogens (primary N) is 1. The highest BCUT2D eigenvalue weighted by Gasteiger charge is 2.06. The summed E-state index contributed by atoms with van der Waals surface area (Å²) in [5.74, 6) is 2.29. The first-order chi connectivity index (χ1) is 9.74. The maximum absolute atomic E-state index is 11.6. The van der Waals surface area contributed by atoms with Gasteiger partial charge in [0.1, 0.15) is 0 Å². The van der Waals surface area contributed by atoms with E-state index in [0.717, 1.165) is 15.8 Å². The van der Waals surface area contributed by atoms with Crippen molar-refractivity contribution in [3.63, 3.8) is 0 Å². The van der Waals surface area contributed by atoms with Crippen LogP contribution >= 0.6 is 46.2 Å². The highest BCUT2D eigenvalue weighted by Crippen LogP contribution is 2.23. The average Bonchev–Trinajstić information content (AvgIpc) is 3.07. The van der Waals surface area contributed by atoms with Crippen LogP contribution in [-0.4, -0.2) is 34.2 Å². The molecule has 0 saturated carbocycles. The smallest absolute Gasteiger partial charge is 0.230 e. The van der Waals surface area contributed by atoms with Crippen LogP contribution < -0.4 is 11.1 Å². The Hall–Kier alpha value is -0.770. The van der Waals surface area contributed by atoms with Crippen molar-refractivity contribution in [2.75, 3.05) is 23.8 Å². The van der Waals surface area contributed by atoms with E-state index in [4.69, 9.17) is 5.73 Å². The third-order valence-electron chi connectivity index (χ3n) is 2.14. The largest absolute Gasteiger partial charge is 0.374 e. The lowest BCUT2D eigenvalue weighted by atomic mass is 10.5. The van der Waals surface area contributed by atoms with E-state index in [1.165, 1.54) is 28.0 Å². The Morgan fingerprint density at radius 1 is 1.45 bits per heavy atom. The number of thiophene rings is 1. The molecule has 20 heavy (non-hydrogen) atoms. The van der Waals surface area contributed by atoms with Gasteiger partial charge in [-0.1, -0.05) is 29.2 Å². The molecule has 3 N–H and O–H groups in total. The third kappa shape index (κ3) is 5.70. The van der Waals surface area contributed by atoms with E-state index >= 15 is 0 Å². The van der Waals surface area contributed by atoms with E-state index in [1.807, 2.05) is 11.8 Å². The van der Waals surface area contributed by atoms with Gasteiger partial charge in [-0.2, -0.15) is 11.8 Å². The van der Waals surface area contributed by atoms with Gasteiger partial charge in [0.05, 0.1) is 5.75 Å². The van der Waals surface area contributed by atoms with Crippen molar-refractivity contribution < 1.29 is 4.79 Å². The fourth-order valence-electron chi connectivity index (χ4n) is 1.29. The van der Waals surface area contributed by atoms with E-state index in [2.05, 4.69) is 33.0 Å². The summed E-state index contributed by atoms with van der Waals surface area (Å²) in [6.07, 6.45) is 0. The minimum absolute atomic E-state index is 0.0143. The number of carbonyl (C=O) groups is 1. The number of hydrogen-bond donors (Lipinski definition) is 2. The maximum Gasteiger partial charge on any atom is 0.230 e. The zero-order chi connectivity index (χ0) is 14.2. The molecule has 0 aliphatic heterocycles. The normalized spacial score (nSPS) is 10.6. The number of nitrogens with zero attached hydrogens (tertiary/aromatic N) is 2. The second-order valence-electron chi connectivity index (χ2n) is 3.68. The minimum Gasteiger partial charge on any atom is -0.374 e. The zero-order valence-corrected chi connectivity index (χ0v) is 13.8. The third-order valence-corrected chi connectivity index (χ3v) is 6.09. The molecule has 2 rings (SSSR count). The molecule has 0 aliphatic carbocycles. The van der Waals surface area contributed by atoms with Gasteiger partial charge in [0.2, 0.25) is 11.0 Å². The van der Waals surface area contributed by atoms with Crippen molar-refractivity contribution in [3.8, 4) is 0 Å². The summed E-state index contributed by atoms with van der Waals surface area (Å²) in [5.41, 5.74) is 5.47. The van der Waals surface area contributed by atoms with E-state index in [0.29, 0.717) is 17.4 Å². The summed E-state index contributed by atoms with van der Waals surface area (Å²) < 4.78 is 0.727. The molecule has 108 valence electrons. The number of nitrogens with one attached hydrogen (secondary N) is 1.